The number of esters is 1. The number of fused-ring (bicyclic) bond motifs is 2. The number of ether oxygens (including phenoxy) is 2. The van der Waals surface area contributed by atoms with Gasteiger partial charge in [0.2, 0.25) is 0 Å². The second-order valence-corrected chi connectivity index (χ2v) is 10.2. The zero-order valence-corrected chi connectivity index (χ0v) is 20.9. The average molecular weight is 527 g/mol. The molecule has 0 unspecified atom stereocenters. The number of sulfonamides is 1. The Bertz CT molecular complexity index is 1670. The molecule has 8 nitrogen and oxygen atoms in total. The van der Waals surface area contributed by atoms with Crippen LogP contribution in [0.15, 0.2) is 114 Å². The molecular weight excluding hydrogens is 504 g/mol. The molecule has 5 aromatic rings. The van der Waals surface area contributed by atoms with E-state index in [0.29, 0.717) is 26.1 Å². The molecule has 0 aliphatic rings. The maximum Gasteiger partial charge on any atom is 0.429 e. The van der Waals surface area contributed by atoms with Gasteiger partial charge in [-0.05, 0) is 42.0 Å². The molecule has 190 valence electrons. The highest BCUT2D eigenvalue weighted by Crippen LogP contribution is 2.33. The summed E-state index contributed by atoms with van der Waals surface area (Å²) < 4.78 is 38.4. The zero-order chi connectivity index (χ0) is 26.5. The number of hydrogen-bond donors (Lipinski definition) is 0. The summed E-state index contributed by atoms with van der Waals surface area (Å²) in [6.07, 6.45) is -1.24. The van der Waals surface area contributed by atoms with Gasteiger partial charge in [-0.1, -0.05) is 72.8 Å². The van der Waals surface area contributed by atoms with Gasteiger partial charge < -0.3 is 9.47 Å². The Morgan fingerprint density at radius 3 is 1.84 bits per heavy atom. The summed E-state index contributed by atoms with van der Waals surface area (Å²) in [7, 11) is -4.46. The van der Waals surface area contributed by atoms with Crippen molar-refractivity contribution >= 4 is 43.9 Å². The van der Waals surface area contributed by atoms with Gasteiger partial charge >= 0.3 is 12.1 Å². The summed E-state index contributed by atoms with van der Waals surface area (Å²) in [6, 6.07) is 30.4. The predicted molar refractivity (Wildman–Crippen MR) is 142 cm³/mol. The second kappa shape index (κ2) is 10.7. The number of carbonyl (C=O) groups is 2. The van der Waals surface area contributed by atoms with Crippen LogP contribution in [0.1, 0.15) is 5.56 Å². The van der Waals surface area contributed by atoms with E-state index in [4.69, 9.17) is 9.47 Å². The number of nitrogens with zero attached hydrogens (tertiary/aromatic N) is 2. The standard InChI is InChI=1S/C29H22N2O6S/c32-27(36-20-21-11-3-1-4-12-21)19-31(38(34,35)22-13-5-2-6-14-22)29(33)37-28-23-15-7-9-17-25(23)30-26-18-10-8-16-24(26)28/h1-18H,19-20H2. The van der Waals surface area contributed by atoms with Crippen LogP contribution in [0.25, 0.3) is 21.8 Å². The van der Waals surface area contributed by atoms with Crippen molar-refractivity contribution in [2.24, 2.45) is 0 Å². The SMILES string of the molecule is O=C(CN(C(=O)Oc1c2ccccc2nc2ccccc12)S(=O)(=O)c1ccccc1)OCc1ccccc1. The molecule has 38 heavy (non-hydrogen) atoms. The molecule has 1 aromatic heterocycles. The van der Waals surface area contributed by atoms with Crippen molar-refractivity contribution in [3.8, 4) is 5.75 Å². The fraction of sp³-hybridized carbons (Fsp3) is 0.0690. The van der Waals surface area contributed by atoms with E-state index in [-0.39, 0.29) is 17.3 Å². The van der Waals surface area contributed by atoms with Gasteiger partial charge in [0.25, 0.3) is 10.0 Å². The predicted octanol–water partition coefficient (Wildman–Crippen LogP) is 5.32. The first kappa shape index (κ1) is 24.9. The second-order valence-electron chi connectivity index (χ2n) is 8.31. The molecule has 0 aliphatic carbocycles. The Kier molecular flexibility index (Phi) is 7.01. The first-order valence-corrected chi connectivity index (χ1v) is 13.1. The van der Waals surface area contributed by atoms with Crippen molar-refractivity contribution in [1.29, 1.82) is 0 Å². The van der Waals surface area contributed by atoms with E-state index in [9.17, 15) is 18.0 Å². The average Bonchev–Trinajstić information content (AvgIpc) is 2.95. The van der Waals surface area contributed by atoms with E-state index >= 15 is 0 Å². The fourth-order valence-corrected chi connectivity index (χ4v) is 5.18. The van der Waals surface area contributed by atoms with Crippen LogP contribution in [0.3, 0.4) is 0 Å². The number of amides is 1. The quantitative estimate of drug-likeness (QED) is 0.209. The maximum absolute atomic E-state index is 13.5. The molecule has 0 fully saturated rings. The van der Waals surface area contributed by atoms with E-state index in [0.717, 1.165) is 5.56 Å². The summed E-state index contributed by atoms with van der Waals surface area (Å²) in [5.41, 5.74) is 1.85. The van der Waals surface area contributed by atoms with Crippen molar-refractivity contribution < 1.29 is 27.5 Å². The number of hydrogen-bond acceptors (Lipinski definition) is 7. The number of aromatic nitrogens is 1. The Balaban J connectivity index is 1.50. The zero-order valence-electron chi connectivity index (χ0n) is 20.1. The lowest BCUT2D eigenvalue weighted by atomic mass is 10.1. The van der Waals surface area contributed by atoms with Crippen LogP contribution in [0.5, 0.6) is 5.75 Å². The number of para-hydroxylation sites is 2. The highest BCUT2D eigenvalue weighted by Gasteiger charge is 2.34. The normalized spacial score (nSPS) is 11.3. The van der Waals surface area contributed by atoms with Gasteiger partial charge in [-0.25, -0.2) is 18.2 Å². The fourth-order valence-electron chi connectivity index (χ4n) is 3.92. The lowest BCUT2D eigenvalue weighted by Crippen LogP contribution is -2.42. The van der Waals surface area contributed by atoms with Gasteiger partial charge in [0.05, 0.1) is 15.9 Å². The molecule has 0 atom stereocenters. The van der Waals surface area contributed by atoms with E-state index in [1.54, 1.807) is 78.9 Å². The maximum atomic E-state index is 13.5. The van der Waals surface area contributed by atoms with Gasteiger partial charge in [0.15, 0.2) is 5.75 Å². The third-order valence-electron chi connectivity index (χ3n) is 5.78. The molecule has 5 rings (SSSR count). The number of pyridine rings is 1. The molecule has 0 radical (unpaired) electrons. The van der Waals surface area contributed by atoms with E-state index in [1.165, 1.54) is 24.3 Å². The molecule has 0 N–H and O–H groups in total. The summed E-state index contributed by atoms with van der Waals surface area (Å²) >= 11 is 0. The topological polar surface area (TPSA) is 103 Å². The van der Waals surface area contributed by atoms with E-state index in [2.05, 4.69) is 4.98 Å². The van der Waals surface area contributed by atoms with Gasteiger partial charge in [0, 0.05) is 10.8 Å². The number of rotatable bonds is 7. The molecule has 1 amide bonds. The van der Waals surface area contributed by atoms with Crippen LogP contribution in [0, 0.1) is 0 Å². The third kappa shape index (κ3) is 5.18. The minimum atomic E-state index is -4.46. The number of carbonyl (C=O) groups excluding carboxylic acids is 2. The Hall–Kier alpha value is -4.76. The summed E-state index contributed by atoms with van der Waals surface area (Å²) in [6.45, 7) is -0.947. The van der Waals surface area contributed by atoms with Crippen molar-refractivity contribution in [1.82, 2.24) is 9.29 Å². The van der Waals surface area contributed by atoms with Gasteiger partial charge in [-0.3, -0.25) is 4.79 Å². The van der Waals surface area contributed by atoms with Crippen molar-refractivity contribution in [3.05, 3.63) is 115 Å². The lowest BCUT2D eigenvalue weighted by Gasteiger charge is -2.22. The molecule has 0 saturated heterocycles. The van der Waals surface area contributed by atoms with Crippen LogP contribution in [0.4, 0.5) is 4.79 Å². The van der Waals surface area contributed by atoms with Crippen LogP contribution in [-0.2, 0) is 26.2 Å². The molecule has 9 heteroatoms. The van der Waals surface area contributed by atoms with Crippen LogP contribution in [-0.4, -0.2) is 36.3 Å². The monoisotopic (exact) mass is 526 g/mol. The van der Waals surface area contributed by atoms with Crippen LogP contribution < -0.4 is 4.74 Å². The summed E-state index contributed by atoms with van der Waals surface area (Å²) in [4.78, 5) is 30.7. The summed E-state index contributed by atoms with van der Waals surface area (Å²) in [5.74, 6) is -0.767. The van der Waals surface area contributed by atoms with Gasteiger partial charge in [0.1, 0.15) is 13.2 Å². The first-order chi connectivity index (χ1) is 18.4. The largest absolute Gasteiger partial charge is 0.459 e. The molecule has 4 aromatic carbocycles. The highest BCUT2D eigenvalue weighted by molar-refractivity contribution is 7.89. The molecule has 0 aliphatic heterocycles. The van der Waals surface area contributed by atoms with Gasteiger partial charge in [-0.2, -0.15) is 4.31 Å². The number of benzene rings is 4. The van der Waals surface area contributed by atoms with Crippen molar-refractivity contribution in [2.75, 3.05) is 6.54 Å². The minimum absolute atomic E-state index is 0.0758. The molecular formula is C29H22N2O6S. The Labute approximate surface area is 219 Å². The lowest BCUT2D eigenvalue weighted by molar-refractivity contribution is -0.144. The Morgan fingerprint density at radius 2 is 1.24 bits per heavy atom. The molecule has 0 bridgehead atoms. The van der Waals surface area contributed by atoms with Crippen LogP contribution >= 0.6 is 0 Å². The smallest absolute Gasteiger partial charge is 0.429 e. The first-order valence-electron chi connectivity index (χ1n) is 11.7. The highest BCUT2D eigenvalue weighted by atomic mass is 32.2. The molecule has 0 spiro atoms. The third-order valence-corrected chi connectivity index (χ3v) is 7.50. The van der Waals surface area contributed by atoms with Crippen molar-refractivity contribution in [2.45, 2.75) is 11.5 Å². The van der Waals surface area contributed by atoms with E-state index in [1.807, 2.05) is 6.07 Å². The van der Waals surface area contributed by atoms with Crippen molar-refractivity contribution in [3.63, 3.8) is 0 Å². The minimum Gasteiger partial charge on any atom is -0.459 e. The van der Waals surface area contributed by atoms with Crippen LogP contribution in [0.2, 0.25) is 0 Å². The Morgan fingerprint density at radius 1 is 0.711 bits per heavy atom. The van der Waals surface area contributed by atoms with E-state index < -0.39 is 28.6 Å². The van der Waals surface area contributed by atoms with Gasteiger partial charge in [-0.15, -0.1) is 0 Å². The summed E-state index contributed by atoms with van der Waals surface area (Å²) in [5, 5.41) is 1.03. The molecule has 0 saturated carbocycles. The molecule has 1 heterocycles.